The lowest BCUT2D eigenvalue weighted by Gasteiger charge is -2.06. The fourth-order valence-electron chi connectivity index (χ4n) is 1.76. The molecule has 0 aliphatic heterocycles. The molecule has 2 aromatic heterocycles. The fourth-order valence-corrected chi connectivity index (χ4v) is 1.76. The van der Waals surface area contributed by atoms with Crippen LogP contribution in [0.3, 0.4) is 0 Å². The Labute approximate surface area is 101 Å². The second-order valence-electron chi connectivity index (χ2n) is 4.60. The molecule has 2 heterocycles. The summed E-state index contributed by atoms with van der Waals surface area (Å²) in [6.07, 6.45) is 4.19. The molecule has 0 aliphatic carbocycles. The van der Waals surface area contributed by atoms with Crippen LogP contribution in [-0.4, -0.2) is 21.3 Å². The molecule has 0 atom stereocenters. The van der Waals surface area contributed by atoms with Crippen LogP contribution in [0.1, 0.15) is 25.1 Å². The van der Waals surface area contributed by atoms with Gasteiger partial charge in [-0.25, -0.2) is 4.98 Å². The van der Waals surface area contributed by atoms with Crippen LogP contribution in [-0.2, 0) is 11.2 Å². The molecular formula is C13H17N3O. The van der Waals surface area contributed by atoms with Crippen LogP contribution < -0.4 is 5.32 Å². The molecule has 0 saturated carbocycles. The van der Waals surface area contributed by atoms with Crippen molar-refractivity contribution >= 4 is 11.6 Å². The van der Waals surface area contributed by atoms with Gasteiger partial charge in [0.1, 0.15) is 5.65 Å². The molecule has 0 radical (unpaired) electrons. The molecule has 0 saturated heterocycles. The van der Waals surface area contributed by atoms with Crippen molar-refractivity contribution in [2.45, 2.75) is 33.2 Å². The molecule has 1 amide bonds. The van der Waals surface area contributed by atoms with E-state index in [2.05, 4.69) is 10.3 Å². The zero-order valence-corrected chi connectivity index (χ0v) is 10.4. The number of aryl methyl sites for hydroxylation is 1. The Balaban J connectivity index is 2.17. The van der Waals surface area contributed by atoms with E-state index in [9.17, 15) is 4.79 Å². The largest absolute Gasteiger partial charge is 0.354 e. The number of carbonyl (C=O) groups is 1. The van der Waals surface area contributed by atoms with Crippen LogP contribution in [0.4, 0.5) is 0 Å². The monoisotopic (exact) mass is 231 g/mol. The average molecular weight is 231 g/mol. The average Bonchev–Trinajstić information content (AvgIpc) is 2.57. The van der Waals surface area contributed by atoms with Crippen LogP contribution in [0.5, 0.6) is 0 Å². The summed E-state index contributed by atoms with van der Waals surface area (Å²) in [7, 11) is 0. The molecule has 0 spiro atoms. The third-order valence-corrected chi connectivity index (χ3v) is 2.46. The molecule has 17 heavy (non-hydrogen) atoms. The van der Waals surface area contributed by atoms with Gasteiger partial charge in [0.05, 0.1) is 12.1 Å². The van der Waals surface area contributed by atoms with Gasteiger partial charge in [-0.2, -0.15) is 0 Å². The molecule has 1 N–H and O–H groups in total. The number of amides is 1. The van der Waals surface area contributed by atoms with Gasteiger partial charge in [0, 0.05) is 18.4 Å². The first-order valence-corrected chi connectivity index (χ1v) is 5.78. The first kappa shape index (κ1) is 11.6. The van der Waals surface area contributed by atoms with Crippen LogP contribution >= 0.6 is 0 Å². The summed E-state index contributed by atoms with van der Waals surface area (Å²) < 4.78 is 1.94. The number of pyridine rings is 1. The number of hydrogen-bond donors (Lipinski definition) is 1. The SMILES string of the molecule is Cc1ccn2cc(CC(=O)NC(C)C)nc2c1. The van der Waals surface area contributed by atoms with Gasteiger partial charge < -0.3 is 9.72 Å². The highest BCUT2D eigenvalue weighted by Gasteiger charge is 2.08. The van der Waals surface area contributed by atoms with Crippen molar-refractivity contribution in [1.82, 2.24) is 14.7 Å². The zero-order valence-electron chi connectivity index (χ0n) is 10.4. The molecule has 0 unspecified atom stereocenters. The topological polar surface area (TPSA) is 46.4 Å². The van der Waals surface area contributed by atoms with E-state index in [1.807, 2.05) is 49.7 Å². The van der Waals surface area contributed by atoms with Crippen molar-refractivity contribution in [3.63, 3.8) is 0 Å². The summed E-state index contributed by atoms with van der Waals surface area (Å²) >= 11 is 0. The summed E-state index contributed by atoms with van der Waals surface area (Å²) in [6.45, 7) is 5.93. The number of fused-ring (bicyclic) bond motifs is 1. The lowest BCUT2D eigenvalue weighted by molar-refractivity contribution is -0.120. The minimum atomic E-state index is 0.0140. The number of imidazole rings is 1. The maximum Gasteiger partial charge on any atom is 0.226 e. The van der Waals surface area contributed by atoms with Crippen molar-refractivity contribution in [1.29, 1.82) is 0 Å². The predicted octanol–water partition coefficient (Wildman–Crippen LogP) is 1.71. The Hall–Kier alpha value is -1.84. The molecule has 4 nitrogen and oxygen atoms in total. The lowest BCUT2D eigenvalue weighted by Crippen LogP contribution is -2.31. The third-order valence-electron chi connectivity index (χ3n) is 2.46. The number of hydrogen-bond acceptors (Lipinski definition) is 2. The van der Waals surface area contributed by atoms with Crippen LogP contribution in [0, 0.1) is 6.92 Å². The summed E-state index contributed by atoms with van der Waals surface area (Å²) in [5, 5.41) is 2.86. The number of carbonyl (C=O) groups excluding carboxylic acids is 1. The Kier molecular flexibility index (Phi) is 3.13. The molecule has 90 valence electrons. The highest BCUT2D eigenvalue weighted by molar-refractivity contribution is 5.78. The van der Waals surface area contributed by atoms with Gasteiger partial charge in [-0.1, -0.05) is 0 Å². The smallest absolute Gasteiger partial charge is 0.226 e. The van der Waals surface area contributed by atoms with Crippen molar-refractivity contribution in [2.75, 3.05) is 0 Å². The van der Waals surface area contributed by atoms with Crippen molar-refractivity contribution in [3.05, 3.63) is 35.8 Å². The number of nitrogens with one attached hydrogen (secondary N) is 1. The van der Waals surface area contributed by atoms with E-state index in [4.69, 9.17) is 0 Å². The summed E-state index contributed by atoms with van der Waals surface area (Å²) in [4.78, 5) is 16.0. The van der Waals surface area contributed by atoms with Crippen molar-refractivity contribution < 1.29 is 4.79 Å². The van der Waals surface area contributed by atoms with Crippen LogP contribution in [0.25, 0.3) is 5.65 Å². The van der Waals surface area contributed by atoms with Crippen molar-refractivity contribution in [3.8, 4) is 0 Å². The molecule has 4 heteroatoms. The predicted molar refractivity (Wildman–Crippen MR) is 66.9 cm³/mol. The van der Waals surface area contributed by atoms with Gasteiger partial charge in [0.25, 0.3) is 0 Å². The summed E-state index contributed by atoms with van der Waals surface area (Å²) in [5.74, 6) is 0.0140. The lowest BCUT2D eigenvalue weighted by atomic mass is 10.3. The van der Waals surface area contributed by atoms with Gasteiger partial charge in [0.15, 0.2) is 0 Å². The normalized spacial score (nSPS) is 11.1. The van der Waals surface area contributed by atoms with Gasteiger partial charge >= 0.3 is 0 Å². The molecule has 2 aromatic rings. The van der Waals surface area contributed by atoms with Gasteiger partial charge in [-0.3, -0.25) is 4.79 Å². The van der Waals surface area contributed by atoms with E-state index in [-0.39, 0.29) is 11.9 Å². The Morgan fingerprint density at radius 1 is 1.53 bits per heavy atom. The van der Waals surface area contributed by atoms with Crippen LogP contribution in [0.15, 0.2) is 24.5 Å². The highest BCUT2D eigenvalue weighted by Crippen LogP contribution is 2.08. The van der Waals surface area contributed by atoms with Crippen molar-refractivity contribution in [2.24, 2.45) is 0 Å². The van der Waals surface area contributed by atoms with Gasteiger partial charge in [-0.15, -0.1) is 0 Å². The van der Waals surface area contributed by atoms with Gasteiger partial charge in [-0.05, 0) is 38.5 Å². The molecule has 0 bridgehead atoms. The summed E-state index contributed by atoms with van der Waals surface area (Å²) in [6, 6.07) is 4.19. The third kappa shape index (κ3) is 2.84. The minimum absolute atomic E-state index is 0.0140. The quantitative estimate of drug-likeness (QED) is 0.874. The van der Waals surface area contributed by atoms with E-state index in [1.54, 1.807) is 0 Å². The Morgan fingerprint density at radius 2 is 2.29 bits per heavy atom. The molecular weight excluding hydrogens is 214 g/mol. The maximum absolute atomic E-state index is 11.6. The van der Waals surface area contributed by atoms with E-state index in [0.29, 0.717) is 6.42 Å². The van der Waals surface area contributed by atoms with E-state index < -0.39 is 0 Å². The fraction of sp³-hybridized carbons (Fsp3) is 0.385. The zero-order chi connectivity index (χ0) is 12.4. The molecule has 0 aromatic carbocycles. The van der Waals surface area contributed by atoms with E-state index in [0.717, 1.165) is 11.3 Å². The second kappa shape index (κ2) is 4.57. The molecule has 2 rings (SSSR count). The number of rotatable bonds is 3. The molecule has 0 fully saturated rings. The number of aromatic nitrogens is 2. The first-order valence-electron chi connectivity index (χ1n) is 5.78. The molecule has 0 aliphatic rings. The highest BCUT2D eigenvalue weighted by atomic mass is 16.1. The number of nitrogens with zero attached hydrogens (tertiary/aromatic N) is 2. The standard InChI is InChI=1S/C13H17N3O/c1-9(2)14-13(17)7-11-8-16-5-4-10(3)6-12(16)15-11/h4-6,8-9H,7H2,1-3H3,(H,14,17). The minimum Gasteiger partial charge on any atom is -0.354 e. The Bertz CT molecular complexity index is 543. The Morgan fingerprint density at radius 3 is 3.00 bits per heavy atom. The van der Waals surface area contributed by atoms with Gasteiger partial charge in [0.2, 0.25) is 5.91 Å². The summed E-state index contributed by atoms with van der Waals surface area (Å²) in [5.41, 5.74) is 2.85. The first-order chi connectivity index (χ1) is 8.04. The second-order valence-corrected chi connectivity index (χ2v) is 4.60. The van der Waals surface area contributed by atoms with E-state index >= 15 is 0 Å². The van der Waals surface area contributed by atoms with Crippen LogP contribution in [0.2, 0.25) is 0 Å². The van der Waals surface area contributed by atoms with E-state index in [1.165, 1.54) is 5.56 Å². The maximum atomic E-state index is 11.6.